The zero-order valence-corrected chi connectivity index (χ0v) is 16.0. The molecule has 0 spiro atoms. The second-order valence-corrected chi connectivity index (χ2v) is 6.93. The van der Waals surface area contributed by atoms with E-state index >= 15 is 0 Å². The number of hydrogen-bond donors (Lipinski definition) is 1. The second-order valence-electron chi connectivity index (χ2n) is 6.93. The van der Waals surface area contributed by atoms with Crippen molar-refractivity contribution in [3.63, 3.8) is 0 Å². The van der Waals surface area contributed by atoms with E-state index in [1.165, 1.54) is 12.8 Å². The van der Waals surface area contributed by atoms with E-state index in [2.05, 4.69) is 25.2 Å². The van der Waals surface area contributed by atoms with Crippen LogP contribution in [0.5, 0.6) is 0 Å². The Balaban J connectivity index is 0.00000118. The van der Waals surface area contributed by atoms with Crippen molar-refractivity contribution in [2.45, 2.75) is 91.3 Å². The van der Waals surface area contributed by atoms with Crippen molar-refractivity contribution in [1.82, 2.24) is 10.2 Å². The van der Waals surface area contributed by atoms with Crippen LogP contribution in [0.4, 0.5) is 4.79 Å². The number of nitrogens with zero attached hydrogens (tertiary/aromatic N) is 2. The molecule has 1 N–H and O–H groups in total. The fourth-order valence-electron chi connectivity index (χ4n) is 2.15. The SMILES string of the molecule is CCC(NC(=O)OC(C)(C)C)C(=O)N1CCCC1C#N.CCCC. The van der Waals surface area contributed by atoms with Crippen molar-refractivity contribution in [1.29, 1.82) is 5.26 Å². The molecule has 0 aromatic rings. The third kappa shape index (κ3) is 8.19. The van der Waals surface area contributed by atoms with Crippen LogP contribution < -0.4 is 5.32 Å². The van der Waals surface area contributed by atoms with Crippen LogP contribution >= 0.6 is 0 Å². The van der Waals surface area contributed by atoms with Gasteiger partial charge in [-0.25, -0.2) is 4.79 Å². The third-order valence-corrected chi connectivity index (χ3v) is 3.58. The molecule has 1 aliphatic rings. The van der Waals surface area contributed by atoms with Crippen LogP contribution in [-0.4, -0.2) is 41.1 Å². The highest BCUT2D eigenvalue weighted by atomic mass is 16.6. The first-order chi connectivity index (χ1) is 11.2. The third-order valence-electron chi connectivity index (χ3n) is 3.58. The number of nitriles is 1. The minimum absolute atomic E-state index is 0.206. The molecule has 1 heterocycles. The number of nitrogens with one attached hydrogen (secondary N) is 1. The standard InChI is InChI=1S/C14H23N3O3.C4H10/c1-5-11(16-13(19)20-14(2,3)4)12(18)17-8-6-7-10(17)9-15;1-3-4-2/h10-11H,5-8H2,1-4H3,(H,16,19);3-4H2,1-2H3. The average molecular weight is 339 g/mol. The monoisotopic (exact) mass is 339 g/mol. The molecule has 6 nitrogen and oxygen atoms in total. The molecule has 1 aliphatic heterocycles. The first-order valence-corrected chi connectivity index (χ1v) is 8.89. The lowest BCUT2D eigenvalue weighted by molar-refractivity contribution is -0.133. The van der Waals surface area contributed by atoms with Crippen LogP contribution in [0.1, 0.15) is 73.6 Å². The van der Waals surface area contributed by atoms with Crippen LogP contribution in [0.2, 0.25) is 0 Å². The number of unbranched alkanes of at least 4 members (excludes halogenated alkanes) is 1. The van der Waals surface area contributed by atoms with Gasteiger partial charge >= 0.3 is 6.09 Å². The highest BCUT2D eigenvalue weighted by Gasteiger charge is 2.33. The Kier molecular flexibility index (Phi) is 10.1. The Morgan fingerprint density at radius 3 is 2.29 bits per heavy atom. The maximum Gasteiger partial charge on any atom is 0.408 e. The summed E-state index contributed by atoms with van der Waals surface area (Å²) in [5, 5.41) is 11.6. The summed E-state index contributed by atoms with van der Waals surface area (Å²) in [5.74, 6) is -0.206. The highest BCUT2D eigenvalue weighted by molar-refractivity contribution is 5.86. The molecule has 1 fully saturated rings. The summed E-state index contributed by atoms with van der Waals surface area (Å²) in [6.45, 7) is 12.0. The van der Waals surface area contributed by atoms with Gasteiger partial charge in [0.25, 0.3) is 0 Å². The van der Waals surface area contributed by atoms with Crippen molar-refractivity contribution in [3.05, 3.63) is 0 Å². The van der Waals surface area contributed by atoms with E-state index in [0.29, 0.717) is 19.4 Å². The molecule has 2 unspecified atom stereocenters. The number of carbonyl (C=O) groups excluding carboxylic acids is 2. The summed E-state index contributed by atoms with van der Waals surface area (Å²) in [7, 11) is 0. The smallest absolute Gasteiger partial charge is 0.408 e. The number of rotatable bonds is 4. The molecule has 1 rings (SSSR count). The van der Waals surface area contributed by atoms with E-state index in [1.807, 2.05) is 6.92 Å². The van der Waals surface area contributed by atoms with E-state index in [-0.39, 0.29) is 11.9 Å². The number of likely N-dealkylation sites (tertiary alicyclic amines) is 1. The predicted molar refractivity (Wildman–Crippen MR) is 94.4 cm³/mol. The molecular formula is C18H33N3O3. The lowest BCUT2D eigenvalue weighted by atomic mass is 10.1. The number of alkyl carbamates (subject to hydrolysis) is 1. The minimum Gasteiger partial charge on any atom is -0.444 e. The van der Waals surface area contributed by atoms with E-state index < -0.39 is 17.7 Å². The lowest BCUT2D eigenvalue weighted by Gasteiger charge is -2.27. The summed E-state index contributed by atoms with van der Waals surface area (Å²) in [4.78, 5) is 25.6. The number of carbonyl (C=O) groups is 2. The minimum atomic E-state index is -0.640. The van der Waals surface area contributed by atoms with Crippen molar-refractivity contribution < 1.29 is 14.3 Å². The second kappa shape index (κ2) is 10.9. The lowest BCUT2D eigenvalue weighted by Crippen LogP contribution is -2.50. The maximum absolute atomic E-state index is 12.4. The summed E-state index contributed by atoms with van der Waals surface area (Å²) < 4.78 is 5.15. The van der Waals surface area contributed by atoms with Gasteiger partial charge in [0.2, 0.25) is 5.91 Å². The quantitative estimate of drug-likeness (QED) is 0.848. The van der Waals surface area contributed by atoms with Gasteiger partial charge in [0, 0.05) is 6.54 Å². The summed E-state index contributed by atoms with van der Waals surface area (Å²) in [5.41, 5.74) is -0.603. The molecule has 0 bridgehead atoms. The van der Waals surface area contributed by atoms with Crippen molar-refractivity contribution in [2.24, 2.45) is 0 Å². The molecule has 0 saturated carbocycles. The zero-order valence-electron chi connectivity index (χ0n) is 16.0. The van der Waals surface area contributed by atoms with Gasteiger partial charge in [0.05, 0.1) is 6.07 Å². The average Bonchev–Trinajstić information content (AvgIpc) is 2.99. The molecule has 0 aliphatic carbocycles. The molecule has 1 saturated heterocycles. The normalized spacial score (nSPS) is 18.0. The zero-order chi connectivity index (χ0) is 18.8. The summed E-state index contributed by atoms with van der Waals surface area (Å²) in [6, 6.07) is 1.11. The van der Waals surface area contributed by atoms with Crippen molar-refractivity contribution in [2.75, 3.05) is 6.54 Å². The summed E-state index contributed by atoms with van der Waals surface area (Å²) >= 11 is 0. The Bertz CT molecular complexity index is 436. The van der Waals surface area contributed by atoms with Gasteiger partial charge in [-0.2, -0.15) is 5.26 Å². The number of hydrogen-bond acceptors (Lipinski definition) is 4. The topological polar surface area (TPSA) is 82.4 Å². The van der Waals surface area contributed by atoms with Crippen LogP contribution in [0.25, 0.3) is 0 Å². The fraction of sp³-hybridized carbons (Fsp3) is 0.833. The van der Waals surface area contributed by atoms with E-state index in [4.69, 9.17) is 10.00 Å². The maximum atomic E-state index is 12.4. The fourth-order valence-corrected chi connectivity index (χ4v) is 2.15. The van der Waals surface area contributed by atoms with Crippen LogP contribution in [0.3, 0.4) is 0 Å². The van der Waals surface area contributed by atoms with Crippen LogP contribution in [0.15, 0.2) is 0 Å². The largest absolute Gasteiger partial charge is 0.444 e. The van der Waals surface area contributed by atoms with Gasteiger partial charge in [-0.15, -0.1) is 0 Å². The molecule has 24 heavy (non-hydrogen) atoms. The molecule has 6 heteroatoms. The van der Waals surface area contributed by atoms with Gasteiger partial charge in [-0.05, 0) is 40.0 Å². The molecule has 0 radical (unpaired) electrons. The van der Waals surface area contributed by atoms with Crippen LogP contribution in [-0.2, 0) is 9.53 Å². The van der Waals surface area contributed by atoms with Crippen LogP contribution in [0, 0.1) is 11.3 Å². The predicted octanol–water partition coefficient (Wildman–Crippen LogP) is 3.61. The van der Waals surface area contributed by atoms with E-state index in [1.54, 1.807) is 25.7 Å². The molecule has 138 valence electrons. The summed E-state index contributed by atoms with van der Waals surface area (Å²) in [6.07, 6.45) is 4.02. The van der Waals surface area contributed by atoms with Gasteiger partial charge in [-0.1, -0.05) is 33.6 Å². The molecule has 2 amide bonds. The number of ether oxygens (including phenoxy) is 1. The van der Waals surface area contributed by atoms with Gasteiger partial charge in [-0.3, -0.25) is 4.79 Å². The first kappa shape index (κ1) is 22.2. The number of amides is 2. The van der Waals surface area contributed by atoms with Gasteiger partial charge in [0.15, 0.2) is 0 Å². The molecule has 2 atom stereocenters. The Hall–Kier alpha value is -1.77. The van der Waals surface area contributed by atoms with Gasteiger partial charge < -0.3 is 15.0 Å². The Morgan fingerprint density at radius 1 is 1.29 bits per heavy atom. The van der Waals surface area contributed by atoms with Crippen molar-refractivity contribution in [3.8, 4) is 6.07 Å². The molecule has 0 aromatic heterocycles. The Morgan fingerprint density at radius 2 is 1.88 bits per heavy atom. The molecule has 0 aromatic carbocycles. The van der Waals surface area contributed by atoms with Gasteiger partial charge in [0.1, 0.15) is 17.7 Å². The first-order valence-electron chi connectivity index (χ1n) is 8.89. The van der Waals surface area contributed by atoms with E-state index in [0.717, 1.165) is 6.42 Å². The van der Waals surface area contributed by atoms with E-state index in [9.17, 15) is 9.59 Å². The molecular weight excluding hydrogens is 306 g/mol. The Labute approximate surface area is 146 Å². The van der Waals surface area contributed by atoms with Crippen molar-refractivity contribution >= 4 is 12.0 Å². The highest BCUT2D eigenvalue weighted by Crippen LogP contribution is 2.18.